The minimum absolute atomic E-state index is 0.0610. The summed E-state index contributed by atoms with van der Waals surface area (Å²) in [5.74, 6) is -3.35. The van der Waals surface area contributed by atoms with Crippen molar-refractivity contribution in [1.82, 2.24) is 0 Å². The number of rotatable bonds is 3. The number of carbonyl (C=O) groups is 1. The maximum absolute atomic E-state index is 13.5. The van der Waals surface area contributed by atoms with E-state index in [4.69, 9.17) is 5.11 Å². The second kappa shape index (κ2) is 5.36. The van der Waals surface area contributed by atoms with E-state index in [1.54, 1.807) is 0 Å². The van der Waals surface area contributed by atoms with E-state index < -0.39 is 23.4 Å². The molecule has 0 saturated heterocycles. The quantitative estimate of drug-likeness (QED) is 0.927. The Morgan fingerprint density at radius 1 is 0.947 bits per heavy atom. The number of halogens is 3. The molecule has 0 aliphatic carbocycles. The van der Waals surface area contributed by atoms with E-state index in [0.29, 0.717) is 0 Å². The van der Waals surface area contributed by atoms with Crippen molar-refractivity contribution in [3.63, 3.8) is 0 Å². The highest BCUT2D eigenvalue weighted by molar-refractivity contribution is 7.99. The second-order valence-corrected chi connectivity index (χ2v) is 4.71. The van der Waals surface area contributed by atoms with Crippen LogP contribution in [0.4, 0.5) is 13.2 Å². The summed E-state index contributed by atoms with van der Waals surface area (Å²) in [5, 5.41) is 8.94. The molecule has 2 rings (SSSR count). The summed E-state index contributed by atoms with van der Waals surface area (Å²) < 4.78 is 39.5. The van der Waals surface area contributed by atoms with E-state index in [2.05, 4.69) is 0 Å². The molecule has 19 heavy (non-hydrogen) atoms. The zero-order valence-electron chi connectivity index (χ0n) is 9.36. The summed E-state index contributed by atoms with van der Waals surface area (Å²) in [5.41, 5.74) is -0.298. The van der Waals surface area contributed by atoms with Gasteiger partial charge in [0.1, 0.15) is 17.5 Å². The van der Waals surface area contributed by atoms with Crippen molar-refractivity contribution in [2.45, 2.75) is 9.79 Å². The molecule has 0 atom stereocenters. The first kappa shape index (κ1) is 13.5. The van der Waals surface area contributed by atoms with E-state index in [1.807, 2.05) is 0 Å². The fraction of sp³-hybridized carbons (Fsp3) is 0. The van der Waals surface area contributed by atoms with Crippen molar-refractivity contribution in [2.75, 3.05) is 0 Å². The number of carboxylic acids is 1. The molecule has 0 aliphatic rings. The standard InChI is InChI=1S/C13H7F3O2S/c14-7-2-4-11(9(5-7)13(17)18)19-12-6-8(15)1-3-10(12)16/h1-6H,(H,17,18). The van der Waals surface area contributed by atoms with Crippen LogP contribution >= 0.6 is 11.8 Å². The molecule has 1 N–H and O–H groups in total. The molecule has 2 aromatic rings. The lowest BCUT2D eigenvalue weighted by Crippen LogP contribution is -1.99. The Labute approximate surface area is 110 Å². The Balaban J connectivity index is 2.43. The number of carboxylic acid groups (broad SMARTS) is 1. The van der Waals surface area contributed by atoms with Gasteiger partial charge in [0.25, 0.3) is 0 Å². The molecule has 0 heterocycles. The minimum Gasteiger partial charge on any atom is -0.478 e. The van der Waals surface area contributed by atoms with Crippen LogP contribution in [0.15, 0.2) is 46.2 Å². The van der Waals surface area contributed by atoms with Crippen molar-refractivity contribution < 1.29 is 23.1 Å². The summed E-state index contributed by atoms with van der Waals surface area (Å²) in [6.07, 6.45) is 0. The Morgan fingerprint density at radius 2 is 1.58 bits per heavy atom. The third-order valence-electron chi connectivity index (χ3n) is 2.29. The van der Waals surface area contributed by atoms with Crippen LogP contribution in [0.5, 0.6) is 0 Å². The van der Waals surface area contributed by atoms with E-state index in [9.17, 15) is 18.0 Å². The van der Waals surface area contributed by atoms with Crippen molar-refractivity contribution in [3.05, 3.63) is 59.4 Å². The zero-order valence-corrected chi connectivity index (χ0v) is 10.2. The number of hydrogen-bond donors (Lipinski definition) is 1. The maximum Gasteiger partial charge on any atom is 0.336 e. The summed E-state index contributed by atoms with van der Waals surface area (Å²) in [4.78, 5) is 11.0. The van der Waals surface area contributed by atoms with E-state index in [-0.39, 0.29) is 15.4 Å². The Hall–Kier alpha value is -1.95. The van der Waals surface area contributed by atoms with Gasteiger partial charge in [0, 0.05) is 4.90 Å². The number of hydrogen-bond acceptors (Lipinski definition) is 2. The molecular weight excluding hydrogens is 277 g/mol. The Bertz CT molecular complexity index is 644. The van der Waals surface area contributed by atoms with E-state index >= 15 is 0 Å². The van der Waals surface area contributed by atoms with Crippen LogP contribution in [0.1, 0.15) is 10.4 Å². The molecule has 0 amide bonds. The lowest BCUT2D eigenvalue weighted by molar-refractivity contribution is 0.0692. The van der Waals surface area contributed by atoms with E-state index in [1.165, 1.54) is 6.07 Å². The van der Waals surface area contributed by atoms with Crippen LogP contribution in [-0.4, -0.2) is 11.1 Å². The van der Waals surface area contributed by atoms with Crippen molar-refractivity contribution >= 4 is 17.7 Å². The smallest absolute Gasteiger partial charge is 0.336 e. The molecule has 0 radical (unpaired) electrons. The largest absolute Gasteiger partial charge is 0.478 e. The molecule has 6 heteroatoms. The molecule has 2 nitrogen and oxygen atoms in total. The average Bonchev–Trinajstić information content (AvgIpc) is 2.35. The monoisotopic (exact) mass is 284 g/mol. The molecule has 0 unspecified atom stereocenters. The van der Waals surface area contributed by atoms with Gasteiger partial charge in [-0.1, -0.05) is 11.8 Å². The molecule has 0 aliphatic heterocycles. The van der Waals surface area contributed by atoms with Gasteiger partial charge in [-0.2, -0.15) is 0 Å². The molecule has 0 bridgehead atoms. The Morgan fingerprint density at radius 3 is 2.26 bits per heavy atom. The van der Waals surface area contributed by atoms with Crippen LogP contribution in [0, 0.1) is 17.5 Å². The lowest BCUT2D eigenvalue weighted by atomic mass is 10.2. The summed E-state index contributed by atoms with van der Waals surface area (Å²) in [7, 11) is 0. The average molecular weight is 284 g/mol. The van der Waals surface area contributed by atoms with Gasteiger partial charge < -0.3 is 5.11 Å². The van der Waals surface area contributed by atoms with Gasteiger partial charge >= 0.3 is 5.97 Å². The third-order valence-corrected chi connectivity index (χ3v) is 3.39. The molecule has 0 spiro atoms. The van der Waals surface area contributed by atoms with Gasteiger partial charge in [-0.25, -0.2) is 18.0 Å². The second-order valence-electron chi connectivity index (χ2n) is 3.62. The molecule has 98 valence electrons. The highest BCUT2D eigenvalue weighted by Gasteiger charge is 2.14. The first-order chi connectivity index (χ1) is 8.97. The highest BCUT2D eigenvalue weighted by atomic mass is 32.2. The first-order valence-electron chi connectivity index (χ1n) is 5.13. The van der Waals surface area contributed by atoms with Crippen molar-refractivity contribution in [1.29, 1.82) is 0 Å². The minimum atomic E-state index is -1.33. The van der Waals surface area contributed by atoms with E-state index in [0.717, 1.165) is 42.1 Å². The van der Waals surface area contributed by atoms with Gasteiger partial charge in [-0.15, -0.1) is 0 Å². The molecule has 0 fully saturated rings. The third kappa shape index (κ3) is 3.08. The fourth-order valence-corrected chi connectivity index (χ4v) is 2.40. The fourth-order valence-electron chi connectivity index (χ4n) is 1.43. The molecule has 2 aromatic carbocycles. The van der Waals surface area contributed by atoms with Crippen LogP contribution < -0.4 is 0 Å². The number of aromatic carboxylic acids is 1. The molecule has 0 aromatic heterocycles. The van der Waals surface area contributed by atoms with Crippen LogP contribution in [0.25, 0.3) is 0 Å². The normalized spacial score (nSPS) is 10.5. The van der Waals surface area contributed by atoms with Gasteiger partial charge in [-0.05, 0) is 36.4 Å². The van der Waals surface area contributed by atoms with Crippen LogP contribution in [0.2, 0.25) is 0 Å². The van der Waals surface area contributed by atoms with Gasteiger partial charge in [0.05, 0.1) is 10.5 Å². The summed E-state index contributed by atoms with van der Waals surface area (Å²) in [6.45, 7) is 0. The number of benzene rings is 2. The highest BCUT2D eigenvalue weighted by Crippen LogP contribution is 2.33. The van der Waals surface area contributed by atoms with Crippen molar-refractivity contribution in [3.8, 4) is 0 Å². The predicted molar refractivity (Wildman–Crippen MR) is 63.8 cm³/mol. The molecule has 0 saturated carbocycles. The topological polar surface area (TPSA) is 37.3 Å². The first-order valence-corrected chi connectivity index (χ1v) is 5.95. The Kier molecular flexibility index (Phi) is 3.80. The predicted octanol–water partition coefficient (Wildman–Crippen LogP) is 3.95. The SMILES string of the molecule is O=C(O)c1cc(F)ccc1Sc1cc(F)ccc1F. The van der Waals surface area contributed by atoms with Gasteiger partial charge in [-0.3, -0.25) is 0 Å². The maximum atomic E-state index is 13.5. The van der Waals surface area contributed by atoms with Crippen LogP contribution in [-0.2, 0) is 0 Å². The van der Waals surface area contributed by atoms with Crippen molar-refractivity contribution in [2.24, 2.45) is 0 Å². The van der Waals surface area contributed by atoms with Gasteiger partial charge in [0.15, 0.2) is 0 Å². The van der Waals surface area contributed by atoms with Crippen LogP contribution in [0.3, 0.4) is 0 Å². The summed E-state index contributed by atoms with van der Waals surface area (Å²) >= 11 is 0.730. The summed E-state index contributed by atoms with van der Waals surface area (Å²) in [6, 6.07) is 5.97. The molecular formula is C13H7F3O2S. The lowest BCUT2D eigenvalue weighted by Gasteiger charge is -2.07. The zero-order chi connectivity index (χ0) is 14.0. The van der Waals surface area contributed by atoms with Gasteiger partial charge in [0.2, 0.25) is 0 Å².